The van der Waals surface area contributed by atoms with E-state index in [4.69, 9.17) is 9.84 Å². The maximum Gasteiger partial charge on any atom is 0.326 e. The molecule has 0 radical (unpaired) electrons. The van der Waals surface area contributed by atoms with E-state index in [1.54, 1.807) is 63.2 Å². The van der Waals surface area contributed by atoms with Crippen molar-refractivity contribution in [3.05, 3.63) is 59.2 Å². The molecule has 0 aliphatic rings. The number of amides is 1. The predicted octanol–water partition coefficient (Wildman–Crippen LogP) is 3.12. The second kappa shape index (κ2) is 8.38. The van der Waals surface area contributed by atoms with Crippen molar-refractivity contribution in [1.82, 2.24) is 5.32 Å². The quantitative estimate of drug-likeness (QED) is 0.707. The number of hydrogen-bond acceptors (Lipinski definition) is 4. The molecule has 26 heavy (non-hydrogen) atoms. The topological polar surface area (TPSA) is 95.9 Å². The first-order chi connectivity index (χ1) is 12.3. The zero-order valence-corrected chi connectivity index (χ0v) is 15.0. The minimum absolute atomic E-state index is 0.174. The van der Waals surface area contributed by atoms with Gasteiger partial charge in [-0.3, -0.25) is 4.79 Å². The summed E-state index contributed by atoms with van der Waals surface area (Å²) < 4.78 is 5.69. The first kappa shape index (κ1) is 19.3. The highest BCUT2D eigenvalue weighted by atomic mass is 16.5. The van der Waals surface area contributed by atoms with Gasteiger partial charge in [-0.2, -0.15) is 0 Å². The van der Waals surface area contributed by atoms with Gasteiger partial charge in [-0.15, -0.1) is 0 Å². The van der Waals surface area contributed by atoms with Crippen LogP contribution in [0.4, 0.5) is 0 Å². The number of carbonyl (C=O) groups is 2. The summed E-state index contributed by atoms with van der Waals surface area (Å²) in [6.07, 6.45) is 0. The van der Waals surface area contributed by atoms with Crippen LogP contribution in [0.2, 0.25) is 0 Å². The van der Waals surface area contributed by atoms with Gasteiger partial charge >= 0.3 is 5.97 Å². The van der Waals surface area contributed by atoms with Gasteiger partial charge in [0.05, 0.1) is 0 Å². The molecule has 0 bridgehead atoms. The molecule has 0 heterocycles. The SMILES string of the molecule is Cc1c(O)cccc1OCc1ccc(C(=O)N[C@H](C(=O)O)C(C)C)cc1. The first-order valence-corrected chi connectivity index (χ1v) is 8.33. The van der Waals surface area contributed by atoms with Crippen molar-refractivity contribution in [3.8, 4) is 11.5 Å². The molecule has 2 aromatic rings. The van der Waals surface area contributed by atoms with Gasteiger partial charge < -0.3 is 20.3 Å². The minimum atomic E-state index is -1.06. The number of nitrogens with one attached hydrogen (secondary N) is 1. The van der Waals surface area contributed by atoms with Crippen LogP contribution in [0.5, 0.6) is 11.5 Å². The molecule has 0 fully saturated rings. The van der Waals surface area contributed by atoms with Crippen LogP contribution in [-0.2, 0) is 11.4 Å². The molecule has 0 aliphatic heterocycles. The molecular weight excluding hydrogens is 334 g/mol. The number of benzene rings is 2. The minimum Gasteiger partial charge on any atom is -0.508 e. The fourth-order valence-corrected chi connectivity index (χ4v) is 2.41. The Morgan fingerprint density at radius 2 is 1.77 bits per heavy atom. The lowest BCUT2D eigenvalue weighted by atomic mass is 10.0. The van der Waals surface area contributed by atoms with Gasteiger partial charge in [-0.05, 0) is 42.7 Å². The smallest absolute Gasteiger partial charge is 0.326 e. The van der Waals surface area contributed by atoms with E-state index in [0.717, 1.165) is 5.56 Å². The van der Waals surface area contributed by atoms with Crippen LogP contribution in [-0.4, -0.2) is 28.1 Å². The number of ether oxygens (including phenoxy) is 1. The van der Waals surface area contributed by atoms with Crippen molar-refractivity contribution < 1.29 is 24.5 Å². The summed E-state index contributed by atoms with van der Waals surface area (Å²) in [5.41, 5.74) is 1.90. The number of carboxylic acids is 1. The van der Waals surface area contributed by atoms with Crippen LogP contribution in [0.15, 0.2) is 42.5 Å². The van der Waals surface area contributed by atoms with Gasteiger partial charge in [0, 0.05) is 11.1 Å². The summed E-state index contributed by atoms with van der Waals surface area (Å²) in [7, 11) is 0. The molecule has 0 spiro atoms. The summed E-state index contributed by atoms with van der Waals surface area (Å²) in [6, 6.07) is 10.9. The molecular formula is C20H23NO5. The lowest BCUT2D eigenvalue weighted by Crippen LogP contribution is -2.44. The third-order valence-corrected chi connectivity index (χ3v) is 4.09. The summed E-state index contributed by atoms with van der Waals surface area (Å²) in [5.74, 6) is -0.933. The Morgan fingerprint density at radius 1 is 1.12 bits per heavy atom. The molecule has 2 aromatic carbocycles. The highest BCUT2D eigenvalue weighted by molar-refractivity contribution is 5.96. The summed E-state index contributed by atoms with van der Waals surface area (Å²) >= 11 is 0. The van der Waals surface area contributed by atoms with E-state index in [0.29, 0.717) is 16.9 Å². The second-order valence-electron chi connectivity index (χ2n) is 6.42. The highest BCUT2D eigenvalue weighted by Crippen LogP contribution is 2.26. The van der Waals surface area contributed by atoms with E-state index >= 15 is 0 Å². The molecule has 0 saturated carbocycles. The van der Waals surface area contributed by atoms with Gasteiger partial charge in [0.1, 0.15) is 24.1 Å². The number of rotatable bonds is 7. The number of carbonyl (C=O) groups excluding carboxylic acids is 1. The van der Waals surface area contributed by atoms with E-state index in [2.05, 4.69) is 5.32 Å². The van der Waals surface area contributed by atoms with Crippen LogP contribution in [0.25, 0.3) is 0 Å². The number of carboxylic acid groups (broad SMARTS) is 1. The third-order valence-electron chi connectivity index (χ3n) is 4.09. The molecule has 0 aromatic heterocycles. The Labute approximate surface area is 152 Å². The Morgan fingerprint density at radius 3 is 2.35 bits per heavy atom. The fraction of sp³-hybridized carbons (Fsp3) is 0.300. The average Bonchev–Trinajstić information content (AvgIpc) is 2.60. The predicted molar refractivity (Wildman–Crippen MR) is 97.3 cm³/mol. The zero-order chi connectivity index (χ0) is 19.3. The van der Waals surface area contributed by atoms with Crippen molar-refractivity contribution in [3.63, 3.8) is 0 Å². The lowest BCUT2D eigenvalue weighted by molar-refractivity contribution is -0.140. The third kappa shape index (κ3) is 4.75. The van der Waals surface area contributed by atoms with E-state index in [1.165, 1.54) is 0 Å². The largest absolute Gasteiger partial charge is 0.508 e. The van der Waals surface area contributed by atoms with Crippen LogP contribution >= 0.6 is 0 Å². The van der Waals surface area contributed by atoms with E-state index in [-0.39, 0.29) is 18.3 Å². The van der Waals surface area contributed by atoms with Gasteiger partial charge in [-0.1, -0.05) is 32.0 Å². The van der Waals surface area contributed by atoms with Crippen molar-refractivity contribution in [1.29, 1.82) is 0 Å². The van der Waals surface area contributed by atoms with E-state index < -0.39 is 17.9 Å². The highest BCUT2D eigenvalue weighted by Gasteiger charge is 2.23. The Kier molecular flexibility index (Phi) is 6.22. The summed E-state index contributed by atoms with van der Waals surface area (Å²) in [5, 5.41) is 21.4. The van der Waals surface area contributed by atoms with Crippen LogP contribution in [0.3, 0.4) is 0 Å². The molecule has 0 saturated heterocycles. The second-order valence-corrected chi connectivity index (χ2v) is 6.42. The maximum atomic E-state index is 12.2. The van der Waals surface area contributed by atoms with E-state index in [9.17, 15) is 14.7 Å². The molecule has 1 atom stereocenters. The molecule has 2 rings (SSSR count). The van der Waals surface area contributed by atoms with Crippen LogP contribution in [0, 0.1) is 12.8 Å². The summed E-state index contributed by atoms with van der Waals surface area (Å²) in [6.45, 7) is 5.54. The molecule has 0 aliphatic carbocycles. The number of phenolic OH excluding ortho intramolecular Hbond substituents is 1. The molecule has 6 nitrogen and oxygen atoms in total. The summed E-state index contributed by atoms with van der Waals surface area (Å²) in [4.78, 5) is 23.4. The van der Waals surface area contributed by atoms with Gasteiger partial charge in [0.2, 0.25) is 0 Å². The standard InChI is InChI=1S/C20H23NO5/c1-12(2)18(20(24)25)21-19(23)15-9-7-14(8-10-15)11-26-17-6-4-5-16(22)13(17)3/h4-10,12,18,22H,11H2,1-3H3,(H,21,23)(H,24,25)/t18-/m0/s1. The normalized spacial score (nSPS) is 11.8. The number of aliphatic carboxylic acids is 1. The molecule has 138 valence electrons. The number of phenols is 1. The zero-order valence-electron chi connectivity index (χ0n) is 15.0. The van der Waals surface area contributed by atoms with Crippen molar-refractivity contribution in [2.45, 2.75) is 33.4 Å². The van der Waals surface area contributed by atoms with Crippen LogP contribution in [0.1, 0.15) is 35.3 Å². The molecule has 0 unspecified atom stereocenters. The monoisotopic (exact) mass is 357 g/mol. The lowest BCUT2D eigenvalue weighted by Gasteiger charge is -2.18. The molecule has 3 N–H and O–H groups in total. The average molecular weight is 357 g/mol. The first-order valence-electron chi connectivity index (χ1n) is 8.33. The van der Waals surface area contributed by atoms with E-state index in [1.807, 2.05) is 0 Å². The van der Waals surface area contributed by atoms with Gasteiger partial charge in [0.25, 0.3) is 5.91 Å². The van der Waals surface area contributed by atoms with Gasteiger partial charge in [-0.25, -0.2) is 4.79 Å². The fourth-order valence-electron chi connectivity index (χ4n) is 2.41. The Bertz CT molecular complexity index is 783. The van der Waals surface area contributed by atoms with Crippen molar-refractivity contribution >= 4 is 11.9 Å². The van der Waals surface area contributed by atoms with Crippen molar-refractivity contribution in [2.75, 3.05) is 0 Å². The Hall–Kier alpha value is -3.02. The van der Waals surface area contributed by atoms with Crippen LogP contribution < -0.4 is 10.1 Å². The Balaban J connectivity index is 2.00. The molecule has 1 amide bonds. The number of hydrogen-bond donors (Lipinski definition) is 3. The van der Waals surface area contributed by atoms with Crippen molar-refractivity contribution in [2.24, 2.45) is 5.92 Å². The number of aromatic hydroxyl groups is 1. The maximum absolute atomic E-state index is 12.2. The molecule has 6 heteroatoms. The van der Waals surface area contributed by atoms with Gasteiger partial charge in [0.15, 0.2) is 0 Å².